The lowest BCUT2D eigenvalue weighted by atomic mass is 10.5. The summed E-state index contributed by atoms with van der Waals surface area (Å²) < 4.78 is 4.70. The quantitative estimate of drug-likeness (QED) is 0.698. The molecule has 0 aromatic heterocycles. The second kappa shape index (κ2) is 6.28. The van der Waals surface area contributed by atoms with Crippen molar-refractivity contribution in [3.8, 4) is 0 Å². The fourth-order valence-electron chi connectivity index (χ4n) is 0.799. The minimum Gasteiger partial charge on any atom is -0.481 e. The molecule has 0 aliphatic carbocycles. The van der Waals surface area contributed by atoms with E-state index in [1.807, 2.05) is 13.8 Å². The van der Waals surface area contributed by atoms with Gasteiger partial charge in [-0.1, -0.05) is 0 Å². The maximum atomic E-state index is 11.1. The number of aliphatic carboxylic acids is 1. The Hall–Kier alpha value is -1.26. The molecule has 0 rings (SSSR count). The number of rotatable bonds is 5. The Bertz CT molecular complexity index is 177. The van der Waals surface area contributed by atoms with Gasteiger partial charge in [-0.15, -0.1) is 0 Å². The molecule has 0 fully saturated rings. The van der Waals surface area contributed by atoms with Gasteiger partial charge in [-0.3, -0.25) is 4.79 Å². The van der Waals surface area contributed by atoms with Crippen LogP contribution in [0, 0.1) is 0 Å². The van der Waals surface area contributed by atoms with Crippen molar-refractivity contribution in [2.24, 2.45) is 0 Å². The Balaban J connectivity index is 3.66. The van der Waals surface area contributed by atoms with Crippen LogP contribution in [0.15, 0.2) is 0 Å². The van der Waals surface area contributed by atoms with E-state index in [-0.39, 0.29) is 13.0 Å². The molecule has 0 atom stereocenters. The lowest BCUT2D eigenvalue weighted by molar-refractivity contribution is -0.137. The number of carbonyl (C=O) groups is 2. The summed E-state index contributed by atoms with van der Waals surface area (Å²) in [5.41, 5.74) is 0. The van der Waals surface area contributed by atoms with Gasteiger partial charge in [0.05, 0.1) is 6.42 Å². The molecule has 0 saturated carbocycles. The SMILES string of the molecule is CCN(CC)C(=O)OCCC(=O)O. The summed E-state index contributed by atoms with van der Waals surface area (Å²) in [6.45, 7) is 4.75. The minimum absolute atomic E-state index is 0.0648. The van der Waals surface area contributed by atoms with Gasteiger partial charge in [0.25, 0.3) is 0 Å². The highest BCUT2D eigenvalue weighted by Gasteiger charge is 2.10. The molecule has 0 heterocycles. The summed E-state index contributed by atoms with van der Waals surface area (Å²) in [6, 6.07) is 0. The number of carboxylic acid groups (broad SMARTS) is 1. The van der Waals surface area contributed by atoms with Gasteiger partial charge in [0.15, 0.2) is 0 Å². The van der Waals surface area contributed by atoms with Crippen molar-refractivity contribution in [1.82, 2.24) is 4.90 Å². The first-order valence-corrected chi connectivity index (χ1v) is 4.25. The number of carbonyl (C=O) groups excluding carboxylic acids is 1. The average molecular weight is 189 g/mol. The molecule has 76 valence electrons. The van der Waals surface area contributed by atoms with E-state index in [1.165, 1.54) is 4.90 Å². The van der Waals surface area contributed by atoms with Crippen LogP contribution < -0.4 is 0 Å². The zero-order valence-corrected chi connectivity index (χ0v) is 7.95. The molecule has 1 amide bonds. The normalized spacial score (nSPS) is 9.38. The molecule has 0 spiro atoms. The van der Waals surface area contributed by atoms with Crippen molar-refractivity contribution < 1.29 is 19.4 Å². The van der Waals surface area contributed by atoms with Crippen molar-refractivity contribution in [2.45, 2.75) is 20.3 Å². The number of hydrogen-bond acceptors (Lipinski definition) is 3. The topological polar surface area (TPSA) is 66.8 Å². The van der Waals surface area contributed by atoms with Gasteiger partial charge in [0.2, 0.25) is 0 Å². The predicted molar refractivity (Wildman–Crippen MR) is 46.5 cm³/mol. The number of hydrogen-bond donors (Lipinski definition) is 1. The van der Waals surface area contributed by atoms with Crippen molar-refractivity contribution in [1.29, 1.82) is 0 Å². The first-order valence-electron chi connectivity index (χ1n) is 4.25. The molecule has 0 saturated heterocycles. The van der Waals surface area contributed by atoms with Crippen LogP contribution in [0.5, 0.6) is 0 Å². The molecule has 0 aliphatic heterocycles. The second-order valence-electron chi connectivity index (χ2n) is 2.43. The van der Waals surface area contributed by atoms with Crippen LogP contribution >= 0.6 is 0 Å². The van der Waals surface area contributed by atoms with Gasteiger partial charge in [0.1, 0.15) is 6.61 Å². The number of amides is 1. The lowest BCUT2D eigenvalue weighted by Crippen LogP contribution is -2.31. The molecule has 0 aromatic rings. The first kappa shape index (κ1) is 11.7. The summed E-state index contributed by atoms with van der Waals surface area (Å²) >= 11 is 0. The smallest absolute Gasteiger partial charge is 0.409 e. The molecular formula is C8H15NO4. The predicted octanol–water partition coefficient (Wildman–Crippen LogP) is 0.940. The van der Waals surface area contributed by atoms with Crippen LogP contribution in [0.1, 0.15) is 20.3 Å². The highest BCUT2D eigenvalue weighted by Crippen LogP contribution is 1.94. The van der Waals surface area contributed by atoms with Gasteiger partial charge in [0, 0.05) is 13.1 Å². The summed E-state index contributed by atoms with van der Waals surface area (Å²) in [5.74, 6) is -0.965. The molecule has 0 aliphatic rings. The molecule has 0 unspecified atom stereocenters. The monoisotopic (exact) mass is 189 g/mol. The summed E-state index contributed by atoms with van der Waals surface area (Å²) in [5, 5.41) is 8.27. The summed E-state index contributed by atoms with van der Waals surface area (Å²) in [6.07, 6.45) is -0.598. The Morgan fingerprint density at radius 1 is 1.31 bits per heavy atom. The lowest BCUT2D eigenvalue weighted by Gasteiger charge is -2.17. The Morgan fingerprint density at radius 2 is 1.85 bits per heavy atom. The number of nitrogens with zero attached hydrogens (tertiary/aromatic N) is 1. The Kier molecular flexibility index (Phi) is 5.67. The van der Waals surface area contributed by atoms with E-state index >= 15 is 0 Å². The van der Waals surface area contributed by atoms with Crippen LogP contribution in [-0.4, -0.2) is 41.8 Å². The largest absolute Gasteiger partial charge is 0.481 e. The van der Waals surface area contributed by atoms with Gasteiger partial charge in [-0.25, -0.2) is 4.79 Å². The fraction of sp³-hybridized carbons (Fsp3) is 0.750. The molecule has 0 bridgehead atoms. The third-order valence-electron chi connectivity index (χ3n) is 1.56. The second-order valence-corrected chi connectivity index (χ2v) is 2.43. The third-order valence-corrected chi connectivity index (χ3v) is 1.56. The van der Waals surface area contributed by atoms with E-state index in [0.29, 0.717) is 13.1 Å². The van der Waals surface area contributed by atoms with Crippen molar-refractivity contribution in [2.75, 3.05) is 19.7 Å². The summed E-state index contributed by atoms with van der Waals surface area (Å²) in [7, 11) is 0. The van der Waals surface area contributed by atoms with Gasteiger partial charge in [-0.2, -0.15) is 0 Å². The molecule has 13 heavy (non-hydrogen) atoms. The Labute approximate surface area is 77.3 Å². The average Bonchev–Trinajstić information content (AvgIpc) is 2.05. The molecule has 5 heteroatoms. The standard InChI is InChI=1S/C8H15NO4/c1-3-9(4-2)8(12)13-6-5-7(10)11/h3-6H2,1-2H3,(H,10,11). The van der Waals surface area contributed by atoms with Gasteiger partial charge >= 0.3 is 12.1 Å². The molecule has 5 nitrogen and oxygen atoms in total. The zero-order valence-electron chi connectivity index (χ0n) is 7.95. The minimum atomic E-state index is -0.965. The fourth-order valence-corrected chi connectivity index (χ4v) is 0.799. The van der Waals surface area contributed by atoms with Crippen LogP contribution in [0.4, 0.5) is 4.79 Å². The molecule has 0 aromatic carbocycles. The zero-order chi connectivity index (χ0) is 10.3. The van der Waals surface area contributed by atoms with Crippen molar-refractivity contribution in [3.05, 3.63) is 0 Å². The van der Waals surface area contributed by atoms with Crippen LogP contribution in [-0.2, 0) is 9.53 Å². The highest BCUT2D eigenvalue weighted by molar-refractivity contribution is 5.69. The molecule has 1 N–H and O–H groups in total. The van der Waals surface area contributed by atoms with Crippen LogP contribution in [0.25, 0.3) is 0 Å². The highest BCUT2D eigenvalue weighted by atomic mass is 16.6. The van der Waals surface area contributed by atoms with Crippen molar-refractivity contribution >= 4 is 12.1 Å². The van der Waals surface area contributed by atoms with Crippen LogP contribution in [0.2, 0.25) is 0 Å². The Morgan fingerprint density at radius 3 is 2.23 bits per heavy atom. The van der Waals surface area contributed by atoms with E-state index in [4.69, 9.17) is 9.84 Å². The molecular weight excluding hydrogens is 174 g/mol. The van der Waals surface area contributed by atoms with E-state index < -0.39 is 12.1 Å². The van der Waals surface area contributed by atoms with Crippen molar-refractivity contribution in [3.63, 3.8) is 0 Å². The van der Waals surface area contributed by atoms with Gasteiger partial charge < -0.3 is 14.7 Å². The maximum absolute atomic E-state index is 11.1. The van der Waals surface area contributed by atoms with Crippen LogP contribution in [0.3, 0.4) is 0 Å². The van der Waals surface area contributed by atoms with Gasteiger partial charge in [-0.05, 0) is 13.8 Å². The first-order chi connectivity index (χ1) is 6.11. The third kappa shape index (κ3) is 5.05. The number of ether oxygens (including phenoxy) is 1. The number of carboxylic acids is 1. The van der Waals surface area contributed by atoms with E-state index in [2.05, 4.69) is 0 Å². The van der Waals surface area contributed by atoms with E-state index in [9.17, 15) is 9.59 Å². The van der Waals surface area contributed by atoms with E-state index in [0.717, 1.165) is 0 Å². The summed E-state index contributed by atoms with van der Waals surface area (Å²) in [4.78, 5) is 22.7. The molecule has 0 radical (unpaired) electrons. The maximum Gasteiger partial charge on any atom is 0.409 e. The van der Waals surface area contributed by atoms with E-state index in [1.54, 1.807) is 0 Å².